The van der Waals surface area contributed by atoms with Gasteiger partial charge in [-0.2, -0.15) is 0 Å². The fraction of sp³-hybridized carbons (Fsp3) is 0.290. The number of piperazine rings is 1. The van der Waals surface area contributed by atoms with E-state index in [1.54, 1.807) is 46.0 Å². The minimum absolute atomic E-state index is 0.0925. The lowest BCUT2D eigenvalue weighted by atomic mass is 10.0. The number of benzene rings is 1. The number of aryl methyl sites for hydroxylation is 1. The first kappa shape index (κ1) is 26.2. The zero-order valence-electron chi connectivity index (χ0n) is 22.4. The van der Waals surface area contributed by atoms with E-state index in [4.69, 9.17) is 16.6 Å². The van der Waals surface area contributed by atoms with Gasteiger partial charge in [0.25, 0.3) is 5.56 Å². The van der Waals surface area contributed by atoms with Gasteiger partial charge in [0.15, 0.2) is 0 Å². The summed E-state index contributed by atoms with van der Waals surface area (Å²) < 4.78 is 16.6. The molecule has 7 nitrogen and oxygen atoms in total. The van der Waals surface area contributed by atoms with Gasteiger partial charge in [0, 0.05) is 55.0 Å². The van der Waals surface area contributed by atoms with Crippen molar-refractivity contribution in [1.82, 2.24) is 19.4 Å². The average Bonchev–Trinajstić information content (AvgIpc) is 3.79. The molecule has 2 aliphatic rings. The number of hydrogen-bond acceptors (Lipinski definition) is 5. The molecule has 4 heterocycles. The number of rotatable bonds is 5. The Morgan fingerprint density at radius 3 is 2.62 bits per heavy atom. The van der Waals surface area contributed by atoms with Crippen molar-refractivity contribution >= 4 is 34.2 Å². The van der Waals surface area contributed by atoms with Crippen LogP contribution < -0.4 is 10.5 Å². The second-order valence-electron chi connectivity index (χ2n) is 10.5. The van der Waals surface area contributed by atoms with Crippen molar-refractivity contribution < 1.29 is 9.18 Å². The number of amides is 1. The largest absolute Gasteiger partial charge is 0.363 e. The van der Waals surface area contributed by atoms with Crippen LogP contribution in [0.5, 0.6) is 0 Å². The molecule has 0 spiro atoms. The lowest BCUT2D eigenvalue weighted by Crippen LogP contribution is -2.53. The van der Waals surface area contributed by atoms with Gasteiger partial charge in [-0.05, 0) is 56.5 Å². The molecule has 2 fully saturated rings. The summed E-state index contributed by atoms with van der Waals surface area (Å²) in [5, 5.41) is 0.141. The van der Waals surface area contributed by atoms with Crippen LogP contribution in [0.25, 0.3) is 27.8 Å². The Kier molecular flexibility index (Phi) is 6.66. The number of nitrogens with zero attached hydrogens (tertiary/aromatic N) is 5. The van der Waals surface area contributed by atoms with E-state index in [0.717, 1.165) is 29.8 Å². The number of carbonyl (C=O) groups is 1. The zero-order chi connectivity index (χ0) is 28.1. The van der Waals surface area contributed by atoms with Crippen molar-refractivity contribution in [3.05, 3.63) is 93.9 Å². The minimum Gasteiger partial charge on any atom is -0.363 e. The maximum atomic E-state index is 14.9. The molecule has 40 heavy (non-hydrogen) atoms. The van der Waals surface area contributed by atoms with Crippen molar-refractivity contribution in [2.24, 2.45) is 0 Å². The SMILES string of the molecule is C=CC(=O)N1CCN(c2cc(=O)n(-c3c(C)ccnc3C3CC3)c3cc(-c4ccccc4F)c(Cl)nc23)[C@@H](C)C1. The summed E-state index contributed by atoms with van der Waals surface area (Å²) in [4.78, 5) is 39.6. The quantitative estimate of drug-likeness (QED) is 0.234. The van der Waals surface area contributed by atoms with Crippen LogP contribution in [0.15, 0.2) is 66.1 Å². The van der Waals surface area contributed by atoms with Gasteiger partial charge in [-0.15, -0.1) is 0 Å². The summed E-state index contributed by atoms with van der Waals surface area (Å²) in [5.41, 5.74) is 4.70. The van der Waals surface area contributed by atoms with Crippen LogP contribution in [0.2, 0.25) is 5.15 Å². The molecule has 204 valence electrons. The molecule has 1 saturated heterocycles. The van der Waals surface area contributed by atoms with Gasteiger partial charge in [0.2, 0.25) is 5.91 Å². The Morgan fingerprint density at radius 1 is 1.15 bits per heavy atom. The molecule has 0 unspecified atom stereocenters. The van der Waals surface area contributed by atoms with Crippen molar-refractivity contribution in [2.45, 2.75) is 38.6 Å². The lowest BCUT2D eigenvalue weighted by molar-refractivity contribution is -0.126. The second-order valence-corrected chi connectivity index (χ2v) is 10.9. The minimum atomic E-state index is -0.427. The number of hydrogen-bond donors (Lipinski definition) is 0. The number of anilines is 1. The van der Waals surface area contributed by atoms with Crippen LogP contribution in [0, 0.1) is 12.7 Å². The number of fused-ring (bicyclic) bond motifs is 1. The summed E-state index contributed by atoms with van der Waals surface area (Å²) in [6.07, 6.45) is 5.13. The van der Waals surface area contributed by atoms with Crippen LogP contribution in [-0.4, -0.2) is 51.0 Å². The Hall–Kier alpha value is -4.04. The molecular weight excluding hydrogens is 529 g/mol. The molecule has 1 amide bonds. The van der Waals surface area contributed by atoms with Gasteiger partial charge >= 0.3 is 0 Å². The smallest absolute Gasteiger partial charge is 0.257 e. The van der Waals surface area contributed by atoms with E-state index in [0.29, 0.717) is 53.4 Å². The standard InChI is InChI=1S/C31H29ClFN5O2/c1-4-26(39)36-13-14-37(19(3)17-36)24-16-27(40)38(30-18(2)11-12-34-28(30)20-9-10-20)25-15-22(31(32)35-29(24)25)21-7-5-6-8-23(21)33/h4-8,11-12,15-16,19-20H,1,9-10,13-14,17H2,2-3H3/t19-/m0/s1. The molecule has 4 aromatic rings. The van der Waals surface area contributed by atoms with Gasteiger partial charge in [-0.25, -0.2) is 9.37 Å². The van der Waals surface area contributed by atoms with Gasteiger partial charge in [-0.3, -0.25) is 19.1 Å². The van der Waals surface area contributed by atoms with E-state index in [1.165, 1.54) is 12.1 Å². The third kappa shape index (κ3) is 4.46. The maximum Gasteiger partial charge on any atom is 0.257 e. The Balaban J connectivity index is 1.62. The summed E-state index contributed by atoms with van der Waals surface area (Å²) in [7, 11) is 0. The Labute approximate surface area is 236 Å². The van der Waals surface area contributed by atoms with E-state index >= 15 is 0 Å². The highest BCUT2D eigenvalue weighted by atomic mass is 35.5. The summed E-state index contributed by atoms with van der Waals surface area (Å²) in [6.45, 7) is 9.04. The summed E-state index contributed by atoms with van der Waals surface area (Å²) in [6, 6.07) is 11.6. The number of pyridine rings is 3. The predicted molar refractivity (Wildman–Crippen MR) is 156 cm³/mol. The molecule has 1 aliphatic heterocycles. The molecular formula is C31H29ClFN5O2. The first-order chi connectivity index (χ1) is 19.3. The highest BCUT2D eigenvalue weighted by Crippen LogP contribution is 2.43. The van der Waals surface area contributed by atoms with Gasteiger partial charge in [-0.1, -0.05) is 36.4 Å². The maximum absolute atomic E-state index is 14.9. The van der Waals surface area contributed by atoms with Crippen LogP contribution in [0.4, 0.5) is 10.1 Å². The lowest BCUT2D eigenvalue weighted by Gasteiger charge is -2.41. The first-order valence-corrected chi connectivity index (χ1v) is 13.8. The van der Waals surface area contributed by atoms with Crippen LogP contribution in [-0.2, 0) is 4.79 Å². The molecule has 1 aromatic carbocycles. The number of carbonyl (C=O) groups excluding carboxylic acids is 1. The third-order valence-electron chi connectivity index (χ3n) is 7.85. The normalized spacial score (nSPS) is 17.4. The van der Waals surface area contributed by atoms with Gasteiger partial charge in [0.1, 0.15) is 16.5 Å². The van der Waals surface area contributed by atoms with Crippen LogP contribution in [0.3, 0.4) is 0 Å². The molecule has 1 atom stereocenters. The Morgan fingerprint density at radius 2 is 1.93 bits per heavy atom. The number of aromatic nitrogens is 3. The van der Waals surface area contributed by atoms with Crippen molar-refractivity contribution in [1.29, 1.82) is 0 Å². The second kappa shape index (κ2) is 10.2. The predicted octanol–water partition coefficient (Wildman–Crippen LogP) is 5.65. The van der Waals surface area contributed by atoms with Crippen LogP contribution in [0.1, 0.15) is 36.9 Å². The highest BCUT2D eigenvalue weighted by Gasteiger charge is 2.32. The summed E-state index contributed by atoms with van der Waals surface area (Å²) >= 11 is 6.74. The number of halogens is 2. The first-order valence-electron chi connectivity index (χ1n) is 13.4. The van der Waals surface area contributed by atoms with Crippen LogP contribution >= 0.6 is 11.6 Å². The fourth-order valence-electron chi connectivity index (χ4n) is 5.69. The van der Waals surface area contributed by atoms with Crippen molar-refractivity contribution in [3.8, 4) is 16.8 Å². The highest BCUT2D eigenvalue weighted by molar-refractivity contribution is 6.32. The fourth-order valence-corrected chi connectivity index (χ4v) is 5.93. The molecule has 0 bridgehead atoms. The monoisotopic (exact) mass is 557 g/mol. The summed E-state index contributed by atoms with van der Waals surface area (Å²) in [5.74, 6) is -0.260. The van der Waals surface area contributed by atoms with E-state index in [1.807, 2.05) is 19.9 Å². The van der Waals surface area contributed by atoms with Gasteiger partial charge < -0.3 is 9.80 Å². The zero-order valence-corrected chi connectivity index (χ0v) is 23.2. The van der Waals surface area contributed by atoms with Crippen molar-refractivity contribution in [3.63, 3.8) is 0 Å². The molecule has 1 aliphatic carbocycles. The topological polar surface area (TPSA) is 71.3 Å². The van der Waals surface area contributed by atoms with Crippen molar-refractivity contribution in [2.75, 3.05) is 24.5 Å². The van der Waals surface area contributed by atoms with E-state index < -0.39 is 5.82 Å². The Bertz CT molecular complexity index is 1730. The van der Waals surface area contributed by atoms with E-state index in [2.05, 4.69) is 16.5 Å². The average molecular weight is 558 g/mol. The molecule has 6 rings (SSSR count). The molecule has 9 heteroatoms. The molecule has 0 radical (unpaired) electrons. The van der Waals surface area contributed by atoms with Gasteiger partial charge in [0.05, 0.1) is 22.6 Å². The van der Waals surface area contributed by atoms with E-state index in [-0.39, 0.29) is 22.7 Å². The molecule has 1 saturated carbocycles. The molecule has 3 aromatic heterocycles. The van der Waals surface area contributed by atoms with E-state index in [9.17, 15) is 14.0 Å². The third-order valence-corrected chi connectivity index (χ3v) is 8.14. The molecule has 0 N–H and O–H groups in total.